The van der Waals surface area contributed by atoms with Crippen LogP contribution in [0.4, 0.5) is 5.69 Å². The average Bonchev–Trinajstić information content (AvgIpc) is 3.01. The van der Waals surface area contributed by atoms with E-state index in [1.807, 2.05) is 32.0 Å². The first kappa shape index (κ1) is 19.4. The lowest BCUT2D eigenvalue weighted by Crippen LogP contribution is -2.30. The van der Waals surface area contributed by atoms with Crippen LogP contribution in [0.25, 0.3) is 0 Å². The smallest absolute Gasteiger partial charge is 0.245 e. The molecule has 0 unspecified atom stereocenters. The molecule has 0 radical (unpaired) electrons. The second kappa shape index (κ2) is 8.11. The monoisotopic (exact) mass is 403 g/mol. The quantitative estimate of drug-likeness (QED) is 0.616. The number of carbonyl (C=O) groups is 2. The summed E-state index contributed by atoms with van der Waals surface area (Å²) in [7, 11) is 0. The molecule has 2 aromatic rings. The van der Waals surface area contributed by atoms with Crippen LogP contribution >= 0.6 is 23.2 Å². The highest BCUT2D eigenvalue weighted by atomic mass is 35.5. The molecule has 1 saturated heterocycles. The highest BCUT2D eigenvalue weighted by Gasteiger charge is 2.35. The summed E-state index contributed by atoms with van der Waals surface area (Å²) >= 11 is 12.1. The van der Waals surface area contributed by atoms with Crippen molar-refractivity contribution in [2.75, 3.05) is 11.4 Å². The molecule has 0 bridgehead atoms. The van der Waals surface area contributed by atoms with Crippen LogP contribution in [0.1, 0.15) is 23.1 Å². The Morgan fingerprint density at radius 3 is 2.63 bits per heavy atom. The molecule has 27 heavy (non-hydrogen) atoms. The Kier molecular flexibility index (Phi) is 5.82. The van der Waals surface area contributed by atoms with Gasteiger partial charge in [0.1, 0.15) is 0 Å². The standard InChI is InChI=1S/C20H19Cl2N3O2/c1-12-6-7-13(2)18(8-12)25-11-14(9-19(25)26)20(27)24-23-10-15-16(21)4-3-5-17(15)22/h3-8,10,14H,9,11H2,1-2H3,(H,24,27)/b23-10-/t14-/m1/s1. The van der Waals surface area contributed by atoms with E-state index >= 15 is 0 Å². The Morgan fingerprint density at radius 1 is 1.22 bits per heavy atom. The van der Waals surface area contributed by atoms with Crippen molar-refractivity contribution in [3.63, 3.8) is 0 Å². The van der Waals surface area contributed by atoms with Gasteiger partial charge >= 0.3 is 0 Å². The van der Waals surface area contributed by atoms with E-state index in [1.54, 1.807) is 23.1 Å². The van der Waals surface area contributed by atoms with E-state index in [2.05, 4.69) is 10.5 Å². The number of hydrazone groups is 1. The molecule has 1 heterocycles. The van der Waals surface area contributed by atoms with Crippen LogP contribution in [-0.2, 0) is 9.59 Å². The van der Waals surface area contributed by atoms with Gasteiger partial charge in [-0.05, 0) is 43.2 Å². The van der Waals surface area contributed by atoms with Gasteiger partial charge in [-0.25, -0.2) is 5.43 Å². The molecule has 0 saturated carbocycles. The minimum absolute atomic E-state index is 0.0676. The summed E-state index contributed by atoms with van der Waals surface area (Å²) in [5.41, 5.74) is 5.93. The predicted molar refractivity (Wildman–Crippen MR) is 109 cm³/mol. The molecule has 2 aromatic carbocycles. The molecular formula is C20H19Cl2N3O2. The number of rotatable bonds is 4. The first-order valence-electron chi connectivity index (χ1n) is 8.51. The summed E-state index contributed by atoms with van der Waals surface area (Å²) < 4.78 is 0. The first-order valence-corrected chi connectivity index (χ1v) is 9.27. The van der Waals surface area contributed by atoms with Crippen molar-refractivity contribution in [1.82, 2.24) is 5.43 Å². The number of anilines is 1. The summed E-state index contributed by atoms with van der Waals surface area (Å²) in [4.78, 5) is 26.5. The van der Waals surface area contributed by atoms with Gasteiger partial charge in [-0.1, -0.05) is 41.4 Å². The number of benzene rings is 2. The van der Waals surface area contributed by atoms with Crippen LogP contribution in [0.3, 0.4) is 0 Å². The van der Waals surface area contributed by atoms with Gasteiger partial charge in [-0.15, -0.1) is 0 Å². The highest BCUT2D eigenvalue weighted by molar-refractivity contribution is 6.38. The number of aryl methyl sites for hydroxylation is 2. The van der Waals surface area contributed by atoms with Gasteiger partial charge in [0.05, 0.1) is 22.2 Å². The third kappa shape index (κ3) is 4.31. The average molecular weight is 404 g/mol. The third-order valence-electron chi connectivity index (χ3n) is 4.52. The van der Waals surface area contributed by atoms with Crippen molar-refractivity contribution in [2.45, 2.75) is 20.3 Å². The normalized spacial score (nSPS) is 17.0. The fraction of sp³-hybridized carbons (Fsp3) is 0.250. The zero-order chi connectivity index (χ0) is 19.6. The fourth-order valence-electron chi connectivity index (χ4n) is 3.01. The highest BCUT2D eigenvalue weighted by Crippen LogP contribution is 2.29. The van der Waals surface area contributed by atoms with E-state index < -0.39 is 5.92 Å². The van der Waals surface area contributed by atoms with E-state index in [1.165, 1.54) is 6.21 Å². The second-order valence-electron chi connectivity index (χ2n) is 6.56. The lowest BCUT2D eigenvalue weighted by atomic mass is 10.1. The largest absolute Gasteiger partial charge is 0.311 e. The van der Waals surface area contributed by atoms with Crippen molar-refractivity contribution in [1.29, 1.82) is 0 Å². The number of nitrogens with zero attached hydrogens (tertiary/aromatic N) is 2. The molecule has 5 nitrogen and oxygen atoms in total. The minimum atomic E-state index is -0.462. The van der Waals surface area contributed by atoms with Crippen molar-refractivity contribution >= 4 is 46.9 Å². The summed E-state index contributed by atoms with van der Waals surface area (Å²) in [5, 5.41) is 4.82. The molecule has 140 valence electrons. The second-order valence-corrected chi connectivity index (χ2v) is 7.38. The van der Waals surface area contributed by atoms with Gasteiger partial charge in [-0.3, -0.25) is 9.59 Å². The Hall–Kier alpha value is -2.37. The lowest BCUT2D eigenvalue weighted by Gasteiger charge is -2.19. The Balaban J connectivity index is 1.67. The van der Waals surface area contributed by atoms with Crippen molar-refractivity contribution in [3.8, 4) is 0 Å². The molecule has 3 rings (SSSR count). The summed E-state index contributed by atoms with van der Waals surface area (Å²) in [6.07, 6.45) is 1.56. The van der Waals surface area contributed by atoms with Gasteiger partial charge in [0.2, 0.25) is 11.8 Å². The molecular weight excluding hydrogens is 385 g/mol. The zero-order valence-electron chi connectivity index (χ0n) is 15.0. The van der Waals surface area contributed by atoms with Gasteiger partial charge < -0.3 is 4.90 Å². The summed E-state index contributed by atoms with van der Waals surface area (Å²) in [6, 6.07) is 11.0. The number of halogens is 2. The van der Waals surface area contributed by atoms with Crippen LogP contribution in [0.2, 0.25) is 10.0 Å². The van der Waals surface area contributed by atoms with Gasteiger partial charge in [0.25, 0.3) is 0 Å². The van der Waals surface area contributed by atoms with Gasteiger partial charge in [0, 0.05) is 24.2 Å². The molecule has 0 aromatic heterocycles. The molecule has 0 spiro atoms. The lowest BCUT2D eigenvalue weighted by molar-refractivity contribution is -0.126. The molecule has 1 atom stereocenters. The Bertz CT molecular complexity index is 907. The van der Waals surface area contributed by atoms with Gasteiger partial charge in [-0.2, -0.15) is 5.10 Å². The summed E-state index contributed by atoms with van der Waals surface area (Å²) in [5.74, 6) is -0.839. The van der Waals surface area contributed by atoms with Crippen LogP contribution in [0.15, 0.2) is 41.5 Å². The van der Waals surface area contributed by atoms with Gasteiger partial charge in [0.15, 0.2) is 0 Å². The molecule has 1 N–H and O–H groups in total. The minimum Gasteiger partial charge on any atom is -0.311 e. The fourth-order valence-corrected chi connectivity index (χ4v) is 3.51. The van der Waals surface area contributed by atoms with Crippen LogP contribution < -0.4 is 10.3 Å². The molecule has 0 aliphatic carbocycles. The number of amides is 2. The van der Waals surface area contributed by atoms with Crippen molar-refractivity contribution in [3.05, 3.63) is 63.1 Å². The number of nitrogens with one attached hydrogen (secondary N) is 1. The molecule has 7 heteroatoms. The SMILES string of the molecule is Cc1ccc(C)c(N2C[C@H](C(=O)N/N=C\c3c(Cl)cccc3Cl)CC2=O)c1. The number of hydrogen-bond acceptors (Lipinski definition) is 3. The van der Waals surface area contributed by atoms with Crippen LogP contribution in [0, 0.1) is 19.8 Å². The molecule has 1 aliphatic rings. The zero-order valence-corrected chi connectivity index (χ0v) is 16.5. The molecule has 2 amide bonds. The van der Waals surface area contributed by atoms with Crippen molar-refractivity contribution in [2.24, 2.45) is 11.0 Å². The maximum Gasteiger partial charge on any atom is 0.245 e. The molecule has 1 fully saturated rings. The maximum atomic E-state index is 12.4. The van der Waals surface area contributed by atoms with Crippen LogP contribution in [0.5, 0.6) is 0 Å². The van der Waals surface area contributed by atoms with E-state index in [0.29, 0.717) is 22.2 Å². The van der Waals surface area contributed by atoms with E-state index in [0.717, 1.165) is 16.8 Å². The van der Waals surface area contributed by atoms with E-state index in [-0.39, 0.29) is 18.2 Å². The van der Waals surface area contributed by atoms with Crippen molar-refractivity contribution < 1.29 is 9.59 Å². The third-order valence-corrected chi connectivity index (χ3v) is 5.18. The maximum absolute atomic E-state index is 12.4. The predicted octanol–water partition coefficient (Wildman–Crippen LogP) is 4.11. The number of carbonyl (C=O) groups excluding carboxylic acids is 2. The number of hydrogen-bond donors (Lipinski definition) is 1. The van der Waals surface area contributed by atoms with E-state index in [4.69, 9.17) is 23.2 Å². The first-order chi connectivity index (χ1) is 12.9. The summed E-state index contributed by atoms with van der Waals surface area (Å²) in [6.45, 7) is 4.26. The Labute approximate surface area is 168 Å². The molecule has 1 aliphatic heterocycles. The van der Waals surface area contributed by atoms with E-state index in [9.17, 15) is 9.59 Å². The van der Waals surface area contributed by atoms with Crippen LogP contribution in [-0.4, -0.2) is 24.6 Å². The topological polar surface area (TPSA) is 61.8 Å². The Morgan fingerprint density at radius 2 is 1.93 bits per heavy atom.